The first-order chi connectivity index (χ1) is 17.1. The first-order valence-electron chi connectivity index (χ1n) is 11.4. The summed E-state index contributed by atoms with van der Waals surface area (Å²) >= 11 is 0. The van der Waals surface area contributed by atoms with Crippen LogP contribution in [0.2, 0.25) is 0 Å². The van der Waals surface area contributed by atoms with E-state index in [1.54, 1.807) is 48.5 Å². The minimum Gasteiger partial charge on any atom is -0.494 e. The highest BCUT2D eigenvalue weighted by molar-refractivity contribution is 6.11. The topological polar surface area (TPSA) is 97.4 Å². The third kappa shape index (κ3) is 4.03. The van der Waals surface area contributed by atoms with Gasteiger partial charge in [0.1, 0.15) is 11.4 Å². The van der Waals surface area contributed by atoms with Crippen molar-refractivity contribution in [1.29, 1.82) is 0 Å². The molecular formula is C27H24N4O4. The Morgan fingerprint density at radius 2 is 1.80 bits per heavy atom. The molecule has 1 aliphatic heterocycles. The van der Waals surface area contributed by atoms with Crippen molar-refractivity contribution in [2.45, 2.75) is 19.9 Å². The van der Waals surface area contributed by atoms with Gasteiger partial charge in [-0.3, -0.25) is 19.8 Å². The van der Waals surface area contributed by atoms with E-state index in [2.05, 4.69) is 15.2 Å². The van der Waals surface area contributed by atoms with Gasteiger partial charge in [0.15, 0.2) is 0 Å². The molecule has 35 heavy (non-hydrogen) atoms. The van der Waals surface area contributed by atoms with Gasteiger partial charge in [-0.25, -0.2) is 4.79 Å². The van der Waals surface area contributed by atoms with Crippen LogP contribution in [0.5, 0.6) is 5.75 Å². The van der Waals surface area contributed by atoms with Crippen LogP contribution in [0.4, 0.5) is 5.69 Å². The SMILES string of the molecule is CCOC(=O)c1ccc(N2C(=O)c3[nH]nc(-c4ccc(OCC)cc4)c3[C@H]2c2cccnc2)cc1. The van der Waals surface area contributed by atoms with Crippen molar-refractivity contribution in [2.24, 2.45) is 0 Å². The minimum absolute atomic E-state index is 0.206. The predicted octanol–water partition coefficient (Wildman–Crippen LogP) is 4.80. The number of esters is 1. The smallest absolute Gasteiger partial charge is 0.338 e. The summed E-state index contributed by atoms with van der Waals surface area (Å²) in [5.41, 5.74) is 4.69. The maximum atomic E-state index is 13.6. The van der Waals surface area contributed by atoms with E-state index in [1.165, 1.54) is 0 Å². The van der Waals surface area contributed by atoms with Crippen LogP contribution in [0.3, 0.4) is 0 Å². The van der Waals surface area contributed by atoms with E-state index < -0.39 is 12.0 Å². The Labute approximate surface area is 202 Å². The fourth-order valence-electron chi connectivity index (χ4n) is 4.33. The van der Waals surface area contributed by atoms with E-state index >= 15 is 0 Å². The highest BCUT2D eigenvalue weighted by atomic mass is 16.5. The molecule has 0 spiro atoms. The standard InChI is InChI=1S/C27H24N4O4/c1-3-34-21-13-9-17(10-14-21)23-22-24(30-29-23)26(32)31(25(22)19-6-5-15-28-16-19)20-11-7-18(8-12-20)27(33)35-4-2/h5-16,25H,3-4H2,1-2H3,(H,29,30)/t25-/m1/s1. The molecule has 0 saturated carbocycles. The number of aromatic amines is 1. The number of rotatable bonds is 7. The third-order valence-corrected chi connectivity index (χ3v) is 5.86. The van der Waals surface area contributed by atoms with Gasteiger partial charge < -0.3 is 9.47 Å². The molecule has 2 aromatic carbocycles. The molecule has 1 N–H and O–H groups in total. The van der Waals surface area contributed by atoms with Gasteiger partial charge in [0, 0.05) is 29.2 Å². The van der Waals surface area contributed by atoms with Gasteiger partial charge in [0.25, 0.3) is 5.91 Å². The average molecular weight is 469 g/mol. The van der Waals surface area contributed by atoms with Crippen LogP contribution in [0.1, 0.15) is 51.9 Å². The van der Waals surface area contributed by atoms with Gasteiger partial charge in [-0.2, -0.15) is 5.10 Å². The molecule has 0 radical (unpaired) electrons. The predicted molar refractivity (Wildman–Crippen MR) is 130 cm³/mol. The molecule has 8 nitrogen and oxygen atoms in total. The summed E-state index contributed by atoms with van der Waals surface area (Å²) in [6.07, 6.45) is 3.45. The summed E-state index contributed by atoms with van der Waals surface area (Å²) < 4.78 is 10.6. The van der Waals surface area contributed by atoms with Crippen molar-refractivity contribution in [3.63, 3.8) is 0 Å². The molecule has 0 unspecified atom stereocenters. The van der Waals surface area contributed by atoms with Crippen LogP contribution in [0.25, 0.3) is 11.3 Å². The fourth-order valence-corrected chi connectivity index (χ4v) is 4.33. The van der Waals surface area contributed by atoms with E-state index in [0.29, 0.717) is 35.9 Å². The Morgan fingerprint density at radius 3 is 2.46 bits per heavy atom. The summed E-state index contributed by atoms with van der Waals surface area (Å²) in [4.78, 5) is 31.7. The Hall–Kier alpha value is -4.46. The van der Waals surface area contributed by atoms with Gasteiger partial charge in [0.2, 0.25) is 0 Å². The van der Waals surface area contributed by atoms with E-state index in [1.807, 2.05) is 43.3 Å². The second kappa shape index (κ2) is 9.42. The summed E-state index contributed by atoms with van der Waals surface area (Å²) in [7, 11) is 0. The first-order valence-corrected chi connectivity index (χ1v) is 11.4. The van der Waals surface area contributed by atoms with Gasteiger partial charge in [-0.15, -0.1) is 0 Å². The Bertz CT molecular complexity index is 1350. The molecule has 0 bridgehead atoms. The highest BCUT2D eigenvalue weighted by Crippen LogP contribution is 2.45. The zero-order chi connectivity index (χ0) is 24.4. The number of H-pyrrole nitrogens is 1. The van der Waals surface area contributed by atoms with Crippen LogP contribution >= 0.6 is 0 Å². The van der Waals surface area contributed by atoms with Gasteiger partial charge in [-0.05, 0) is 74.0 Å². The zero-order valence-electron chi connectivity index (χ0n) is 19.4. The van der Waals surface area contributed by atoms with Gasteiger partial charge in [0.05, 0.1) is 30.5 Å². The van der Waals surface area contributed by atoms with Crippen LogP contribution < -0.4 is 9.64 Å². The van der Waals surface area contributed by atoms with E-state index in [0.717, 1.165) is 22.4 Å². The Kier molecular flexibility index (Phi) is 6.01. The summed E-state index contributed by atoms with van der Waals surface area (Å²) in [6.45, 7) is 4.58. The van der Waals surface area contributed by atoms with Gasteiger partial charge in [-0.1, -0.05) is 6.07 Å². The lowest BCUT2D eigenvalue weighted by atomic mass is 9.97. The molecule has 2 aromatic heterocycles. The first kappa shape index (κ1) is 22.3. The van der Waals surface area contributed by atoms with Gasteiger partial charge >= 0.3 is 5.97 Å². The number of benzene rings is 2. The Balaban J connectivity index is 1.58. The molecular weight excluding hydrogens is 444 g/mol. The molecule has 3 heterocycles. The molecule has 8 heteroatoms. The quantitative estimate of drug-likeness (QED) is 0.392. The van der Waals surface area contributed by atoms with Crippen LogP contribution in [0, 0.1) is 0 Å². The number of ether oxygens (including phenoxy) is 2. The lowest BCUT2D eigenvalue weighted by Gasteiger charge is -2.26. The third-order valence-electron chi connectivity index (χ3n) is 5.86. The number of amides is 1. The second-order valence-corrected chi connectivity index (χ2v) is 7.95. The van der Waals surface area contributed by atoms with Crippen LogP contribution in [-0.4, -0.2) is 40.3 Å². The monoisotopic (exact) mass is 468 g/mol. The van der Waals surface area contributed by atoms with E-state index in [-0.39, 0.29) is 5.91 Å². The minimum atomic E-state index is -0.444. The molecule has 1 amide bonds. The maximum absolute atomic E-state index is 13.6. The van der Waals surface area contributed by atoms with Crippen molar-refractivity contribution in [3.05, 3.63) is 95.4 Å². The number of pyridine rings is 1. The summed E-state index contributed by atoms with van der Waals surface area (Å²) in [5.74, 6) is 0.164. The molecule has 176 valence electrons. The number of carbonyl (C=O) groups excluding carboxylic acids is 2. The van der Waals surface area contributed by atoms with Crippen molar-refractivity contribution in [1.82, 2.24) is 15.2 Å². The highest BCUT2D eigenvalue weighted by Gasteiger charge is 2.43. The molecule has 0 saturated heterocycles. The fraction of sp³-hybridized carbons (Fsp3) is 0.185. The number of nitrogens with one attached hydrogen (secondary N) is 1. The van der Waals surface area contributed by atoms with Crippen molar-refractivity contribution >= 4 is 17.6 Å². The molecule has 5 rings (SSSR count). The second-order valence-electron chi connectivity index (χ2n) is 7.95. The number of fused-ring (bicyclic) bond motifs is 1. The molecule has 0 fully saturated rings. The average Bonchev–Trinajstić information content (AvgIpc) is 3.44. The zero-order valence-corrected chi connectivity index (χ0v) is 19.4. The number of nitrogens with zero attached hydrogens (tertiary/aromatic N) is 3. The normalized spacial score (nSPS) is 14.6. The molecule has 0 aliphatic carbocycles. The summed E-state index contributed by atoms with van der Waals surface area (Å²) in [6, 6.07) is 17.8. The van der Waals surface area contributed by atoms with Crippen LogP contribution in [-0.2, 0) is 4.74 Å². The van der Waals surface area contributed by atoms with Crippen molar-refractivity contribution in [3.8, 4) is 17.0 Å². The van der Waals surface area contributed by atoms with E-state index in [4.69, 9.17) is 9.47 Å². The van der Waals surface area contributed by atoms with Crippen molar-refractivity contribution < 1.29 is 19.1 Å². The summed E-state index contributed by atoms with van der Waals surface area (Å²) in [5, 5.41) is 7.45. The lowest BCUT2D eigenvalue weighted by Crippen LogP contribution is -2.29. The largest absolute Gasteiger partial charge is 0.494 e. The number of anilines is 1. The molecule has 1 aliphatic rings. The van der Waals surface area contributed by atoms with Crippen molar-refractivity contribution in [2.75, 3.05) is 18.1 Å². The molecule has 1 atom stereocenters. The maximum Gasteiger partial charge on any atom is 0.338 e. The number of hydrogen-bond acceptors (Lipinski definition) is 6. The number of aromatic nitrogens is 3. The molecule has 4 aromatic rings. The Morgan fingerprint density at radius 1 is 1.03 bits per heavy atom. The number of carbonyl (C=O) groups is 2. The van der Waals surface area contributed by atoms with E-state index in [9.17, 15) is 9.59 Å². The number of hydrogen-bond donors (Lipinski definition) is 1. The lowest BCUT2D eigenvalue weighted by molar-refractivity contribution is 0.0526. The van der Waals surface area contributed by atoms with Crippen LogP contribution in [0.15, 0.2) is 73.1 Å².